The molecule has 98 valence electrons. The van der Waals surface area contributed by atoms with Crippen molar-refractivity contribution < 1.29 is 9.90 Å². The first kappa shape index (κ1) is 13.1. The van der Waals surface area contributed by atoms with E-state index in [0.29, 0.717) is 13.1 Å². The Kier molecular flexibility index (Phi) is 3.99. The van der Waals surface area contributed by atoms with Gasteiger partial charge in [0, 0.05) is 24.9 Å². The molecule has 1 aliphatic rings. The summed E-state index contributed by atoms with van der Waals surface area (Å²) in [6, 6.07) is 10.1. The molecule has 1 aromatic rings. The van der Waals surface area contributed by atoms with Crippen molar-refractivity contribution in [2.24, 2.45) is 11.7 Å². The monoisotopic (exact) mass is 248 g/mol. The predicted octanol–water partition coefficient (Wildman–Crippen LogP) is 0.568. The largest absolute Gasteiger partial charge is 0.393 e. The number of benzene rings is 1. The Balaban J connectivity index is 2.20. The van der Waals surface area contributed by atoms with Crippen molar-refractivity contribution >= 4 is 5.91 Å². The number of amides is 1. The van der Waals surface area contributed by atoms with Crippen LogP contribution in [0.4, 0.5) is 0 Å². The first-order valence-corrected chi connectivity index (χ1v) is 6.34. The third-order valence-corrected chi connectivity index (χ3v) is 3.74. The third-order valence-electron chi connectivity index (χ3n) is 3.74. The van der Waals surface area contributed by atoms with Gasteiger partial charge in [0.1, 0.15) is 0 Å². The van der Waals surface area contributed by atoms with E-state index in [0.717, 1.165) is 0 Å². The molecule has 2 rings (SSSR count). The highest BCUT2D eigenvalue weighted by Gasteiger charge is 2.37. The molecule has 0 saturated carbocycles. The van der Waals surface area contributed by atoms with E-state index in [-0.39, 0.29) is 24.3 Å². The van der Waals surface area contributed by atoms with Gasteiger partial charge in [-0.25, -0.2) is 0 Å². The summed E-state index contributed by atoms with van der Waals surface area (Å²) in [6.45, 7) is 3.06. The lowest BCUT2D eigenvalue weighted by Gasteiger charge is -2.20. The Bertz CT molecular complexity index is 406. The number of aliphatic hydroxyl groups is 1. The summed E-state index contributed by atoms with van der Waals surface area (Å²) in [7, 11) is 0. The predicted molar refractivity (Wildman–Crippen MR) is 70.0 cm³/mol. The Morgan fingerprint density at radius 3 is 2.67 bits per heavy atom. The van der Waals surface area contributed by atoms with Gasteiger partial charge in [-0.1, -0.05) is 30.3 Å². The molecular formula is C14H20N2O2. The summed E-state index contributed by atoms with van der Waals surface area (Å²) in [5.74, 6) is 0.240. The van der Waals surface area contributed by atoms with E-state index in [9.17, 15) is 9.90 Å². The minimum atomic E-state index is -0.425. The van der Waals surface area contributed by atoms with Crippen LogP contribution in [0.25, 0.3) is 0 Å². The number of likely N-dealkylation sites (tertiary alicyclic amines) is 1. The summed E-state index contributed by atoms with van der Waals surface area (Å²) < 4.78 is 0. The van der Waals surface area contributed by atoms with E-state index in [2.05, 4.69) is 12.1 Å². The van der Waals surface area contributed by atoms with Crippen LogP contribution >= 0.6 is 0 Å². The maximum atomic E-state index is 11.7. The van der Waals surface area contributed by atoms with Gasteiger partial charge in [-0.3, -0.25) is 4.79 Å². The van der Waals surface area contributed by atoms with Crippen molar-refractivity contribution in [1.82, 2.24) is 4.90 Å². The van der Waals surface area contributed by atoms with Gasteiger partial charge in [0.2, 0.25) is 5.91 Å². The highest BCUT2D eigenvalue weighted by atomic mass is 16.3. The van der Waals surface area contributed by atoms with Crippen molar-refractivity contribution in [1.29, 1.82) is 0 Å². The van der Waals surface area contributed by atoms with Crippen LogP contribution in [0.2, 0.25) is 0 Å². The number of hydrogen-bond acceptors (Lipinski definition) is 3. The average Bonchev–Trinajstić information content (AvgIpc) is 2.84. The summed E-state index contributed by atoms with van der Waals surface area (Å²) in [4.78, 5) is 13.4. The Morgan fingerprint density at radius 1 is 1.44 bits per heavy atom. The zero-order valence-electron chi connectivity index (χ0n) is 10.6. The average molecular weight is 248 g/mol. The van der Waals surface area contributed by atoms with Gasteiger partial charge in [0.05, 0.1) is 12.6 Å². The Hall–Kier alpha value is -1.39. The van der Waals surface area contributed by atoms with E-state index in [1.807, 2.05) is 18.2 Å². The topological polar surface area (TPSA) is 66.6 Å². The zero-order valence-corrected chi connectivity index (χ0v) is 10.6. The van der Waals surface area contributed by atoms with Crippen LogP contribution < -0.4 is 5.73 Å². The summed E-state index contributed by atoms with van der Waals surface area (Å²) in [5.41, 5.74) is 6.58. The molecular weight excluding hydrogens is 228 g/mol. The molecule has 0 unspecified atom stereocenters. The quantitative estimate of drug-likeness (QED) is 0.821. The van der Waals surface area contributed by atoms with E-state index in [1.165, 1.54) is 5.56 Å². The second-order valence-electron chi connectivity index (χ2n) is 4.92. The van der Waals surface area contributed by atoms with Crippen LogP contribution in [0.3, 0.4) is 0 Å². The number of aliphatic hydroxyl groups excluding tert-OH is 1. The molecule has 1 heterocycles. The second kappa shape index (κ2) is 5.50. The van der Waals surface area contributed by atoms with Crippen molar-refractivity contribution in [2.75, 3.05) is 19.6 Å². The molecule has 1 fully saturated rings. The van der Waals surface area contributed by atoms with Gasteiger partial charge in [-0.2, -0.15) is 0 Å². The van der Waals surface area contributed by atoms with E-state index < -0.39 is 6.10 Å². The Morgan fingerprint density at radius 2 is 2.11 bits per heavy atom. The van der Waals surface area contributed by atoms with Crippen molar-refractivity contribution in [2.45, 2.75) is 18.9 Å². The second-order valence-corrected chi connectivity index (χ2v) is 4.92. The number of carbonyl (C=O) groups excluding carboxylic acids is 1. The lowest BCUT2D eigenvalue weighted by atomic mass is 9.86. The molecule has 0 spiro atoms. The minimum Gasteiger partial charge on any atom is -0.393 e. The van der Waals surface area contributed by atoms with Gasteiger partial charge in [0.25, 0.3) is 0 Å². The fourth-order valence-electron chi connectivity index (χ4n) is 2.70. The first-order valence-electron chi connectivity index (χ1n) is 6.34. The summed E-state index contributed by atoms with van der Waals surface area (Å²) in [5, 5.41) is 9.89. The van der Waals surface area contributed by atoms with Crippen LogP contribution in [0.15, 0.2) is 30.3 Å². The number of hydrogen-bond donors (Lipinski definition) is 2. The number of nitrogens with two attached hydrogens (primary N) is 1. The van der Waals surface area contributed by atoms with Crippen LogP contribution in [0, 0.1) is 5.92 Å². The fourth-order valence-corrected chi connectivity index (χ4v) is 2.70. The highest BCUT2D eigenvalue weighted by molar-refractivity contribution is 5.78. The molecule has 1 saturated heterocycles. The molecule has 4 nitrogen and oxygen atoms in total. The third kappa shape index (κ3) is 2.54. The van der Waals surface area contributed by atoms with Gasteiger partial charge in [-0.05, 0) is 12.5 Å². The molecule has 1 aliphatic heterocycles. The van der Waals surface area contributed by atoms with Gasteiger partial charge in [-0.15, -0.1) is 0 Å². The number of carbonyl (C=O) groups is 1. The van der Waals surface area contributed by atoms with Crippen molar-refractivity contribution in [3.8, 4) is 0 Å². The van der Waals surface area contributed by atoms with Crippen LogP contribution in [0.1, 0.15) is 18.4 Å². The van der Waals surface area contributed by atoms with Crippen LogP contribution in [-0.2, 0) is 4.79 Å². The van der Waals surface area contributed by atoms with E-state index >= 15 is 0 Å². The van der Waals surface area contributed by atoms with Crippen LogP contribution in [-0.4, -0.2) is 41.7 Å². The zero-order chi connectivity index (χ0) is 13.1. The Labute approximate surface area is 107 Å². The molecule has 3 N–H and O–H groups in total. The first-order chi connectivity index (χ1) is 8.63. The molecule has 3 atom stereocenters. The minimum absolute atomic E-state index is 0.0358. The normalized spacial score (nSPS) is 25.2. The summed E-state index contributed by atoms with van der Waals surface area (Å²) in [6.07, 6.45) is -0.425. The standard InChI is InChI=1S/C14H20N2O2/c1-10(17)12-8-16(14(18)7-15)9-13(12)11-5-3-2-4-6-11/h2-6,10,12-13,17H,7-9,15H2,1H3/t10-,12+,13+/m1/s1. The molecule has 0 aromatic heterocycles. The maximum Gasteiger partial charge on any atom is 0.236 e. The lowest BCUT2D eigenvalue weighted by molar-refractivity contribution is -0.128. The molecule has 0 aliphatic carbocycles. The molecule has 4 heteroatoms. The molecule has 18 heavy (non-hydrogen) atoms. The van der Waals surface area contributed by atoms with Crippen molar-refractivity contribution in [3.63, 3.8) is 0 Å². The number of rotatable bonds is 3. The molecule has 0 radical (unpaired) electrons. The SMILES string of the molecule is C[C@@H](O)[C@@H]1CN(C(=O)CN)C[C@H]1c1ccccc1. The van der Waals surface area contributed by atoms with Crippen LogP contribution in [0.5, 0.6) is 0 Å². The lowest BCUT2D eigenvalue weighted by Crippen LogP contribution is -2.35. The highest BCUT2D eigenvalue weighted by Crippen LogP contribution is 2.34. The molecule has 1 aromatic carbocycles. The van der Waals surface area contributed by atoms with E-state index in [4.69, 9.17) is 5.73 Å². The van der Waals surface area contributed by atoms with Gasteiger partial charge >= 0.3 is 0 Å². The molecule has 1 amide bonds. The fraction of sp³-hybridized carbons (Fsp3) is 0.500. The smallest absolute Gasteiger partial charge is 0.236 e. The van der Waals surface area contributed by atoms with Crippen molar-refractivity contribution in [3.05, 3.63) is 35.9 Å². The maximum absolute atomic E-state index is 11.7. The summed E-state index contributed by atoms with van der Waals surface area (Å²) >= 11 is 0. The van der Waals surface area contributed by atoms with Gasteiger partial charge < -0.3 is 15.7 Å². The molecule has 0 bridgehead atoms. The van der Waals surface area contributed by atoms with E-state index in [1.54, 1.807) is 11.8 Å². The van der Waals surface area contributed by atoms with Gasteiger partial charge in [0.15, 0.2) is 0 Å². The number of nitrogens with zero attached hydrogens (tertiary/aromatic N) is 1.